The Morgan fingerprint density at radius 2 is 1.56 bits per heavy atom. The lowest BCUT2D eigenvalue weighted by Gasteiger charge is -2.44. The van der Waals surface area contributed by atoms with E-state index in [1.54, 1.807) is 21.3 Å². The SMILES string of the molecule is CCCN(C)[C@H]1CC[C@H](O[C@H]2CCC[C@H](CC)OC(=O)C[C@@H]3C(=C[C@@H]4[C@H]3C=C(C)[C@@H]3C[C@@H](O[C@@H]5OC(C)[C@H](OC)C(OC)[C@@H]5OC)C[C@@H]43)C(=O)[C@@H]2C)OC1C. The highest BCUT2D eigenvalue weighted by atomic mass is 16.7. The van der Waals surface area contributed by atoms with Gasteiger partial charge >= 0.3 is 5.97 Å². The Morgan fingerprint density at radius 3 is 2.24 bits per heavy atom. The summed E-state index contributed by atoms with van der Waals surface area (Å²) < 4.78 is 50.0. The summed E-state index contributed by atoms with van der Waals surface area (Å²) in [5.74, 6) is 0.0104. The molecule has 6 rings (SSSR count). The van der Waals surface area contributed by atoms with E-state index in [1.807, 2.05) is 13.8 Å². The van der Waals surface area contributed by atoms with Gasteiger partial charge in [0.15, 0.2) is 18.4 Å². The van der Waals surface area contributed by atoms with Gasteiger partial charge in [-0.1, -0.05) is 38.5 Å². The summed E-state index contributed by atoms with van der Waals surface area (Å²) in [6, 6.07) is 0.356. The molecule has 1 saturated carbocycles. The van der Waals surface area contributed by atoms with Gasteiger partial charge in [0.25, 0.3) is 0 Å². The number of carbonyl (C=O) groups excluding carboxylic acids is 2. The van der Waals surface area contributed by atoms with Crippen molar-refractivity contribution in [2.24, 2.45) is 35.5 Å². The number of ether oxygens (including phenoxy) is 8. The zero-order valence-corrected chi connectivity index (χ0v) is 35.3. The Labute approximate surface area is 330 Å². The van der Waals surface area contributed by atoms with Gasteiger partial charge in [0, 0.05) is 39.2 Å². The van der Waals surface area contributed by atoms with Gasteiger partial charge in [0.05, 0.1) is 30.8 Å². The van der Waals surface area contributed by atoms with Crippen molar-refractivity contribution < 1.29 is 47.5 Å². The van der Waals surface area contributed by atoms with Crippen LogP contribution in [0.15, 0.2) is 23.3 Å². The van der Waals surface area contributed by atoms with E-state index in [4.69, 9.17) is 37.9 Å². The second kappa shape index (κ2) is 18.9. The third-order valence-corrected chi connectivity index (χ3v) is 14.1. The largest absolute Gasteiger partial charge is 0.462 e. The number of likely N-dealkylation sites (N-methyl/N-ethyl adjacent to an activating group) is 1. The van der Waals surface area contributed by atoms with Crippen molar-refractivity contribution in [2.75, 3.05) is 34.9 Å². The van der Waals surface area contributed by atoms with Crippen molar-refractivity contribution in [3.63, 3.8) is 0 Å². The maximum Gasteiger partial charge on any atom is 0.306 e. The number of ketones is 1. The first-order valence-electron chi connectivity index (χ1n) is 21.5. The summed E-state index contributed by atoms with van der Waals surface area (Å²) in [6.07, 6.45) is 9.73. The van der Waals surface area contributed by atoms with Crippen molar-refractivity contribution in [1.82, 2.24) is 4.90 Å². The Balaban J connectivity index is 1.22. The highest BCUT2D eigenvalue weighted by Gasteiger charge is 2.53. The summed E-state index contributed by atoms with van der Waals surface area (Å²) in [5.41, 5.74) is 2.08. The molecule has 0 aromatic carbocycles. The van der Waals surface area contributed by atoms with Crippen LogP contribution in [-0.4, -0.2) is 119 Å². The topological polar surface area (TPSA) is 111 Å². The third-order valence-electron chi connectivity index (χ3n) is 14.1. The Bertz CT molecular complexity index is 1370. The van der Waals surface area contributed by atoms with E-state index >= 15 is 0 Å². The minimum Gasteiger partial charge on any atom is -0.462 e. The van der Waals surface area contributed by atoms with Gasteiger partial charge < -0.3 is 42.8 Å². The van der Waals surface area contributed by atoms with Crippen molar-refractivity contribution in [1.29, 1.82) is 0 Å². The average molecular weight is 774 g/mol. The molecule has 6 aliphatic rings. The highest BCUT2D eigenvalue weighted by molar-refractivity contribution is 5.99. The molecule has 3 saturated heterocycles. The number of hydrogen-bond donors (Lipinski definition) is 0. The molecule has 312 valence electrons. The summed E-state index contributed by atoms with van der Waals surface area (Å²) in [4.78, 5) is 30.8. The van der Waals surface area contributed by atoms with Gasteiger partial charge in [-0.05, 0) is 121 Å². The second-order valence-corrected chi connectivity index (χ2v) is 17.5. The molecule has 55 heavy (non-hydrogen) atoms. The molecule has 11 heteroatoms. The standard InChI is InChI=1S/C44H71NO10/c1-11-18-45(7)36-16-17-39(51-26(36)5)55-37-15-13-14-28(12-2)53-38(46)23-34-31-19-24(3)30-20-29(21-32(30)33(31)22-35(34)40(47)25(37)4)54-44-43(50-10)42(49-9)41(48-8)27(6)52-44/h19,22,25-34,36-37,39,41-44H,11-18,20-21,23H2,1-10H3/t25-,26?,27?,28+,29-,30+,31-,32-,33-,34+,36+,37+,39+,41+,42?,43+,44+/m1/s1. The van der Waals surface area contributed by atoms with Gasteiger partial charge in [-0.2, -0.15) is 0 Å². The average Bonchev–Trinajstić information content (AvgIpc) is 3.74. The second-order valence-electron chi connectivity index (χ2n) is 17.5. The molecular weight excluding hydrogens is 702 g/mol. The first-order valence-corrected chi connectivity index (χ1v) is 21.5. The predicted molar refractivity (Wildman–Crippen MR) is 208 cm³/mol. The van der Waals surface area contributed by atoms with Crippen LogP contribution in [-0.2, 0) is 47.5 Å². The molecule has 4 fully saturated rings. The molecule has 3 aliphatic heterocycles. The number of rotatable bonds is 11. The first kappa shape index (κ1) is 42.9. The quantitative estimate of drug-likeness (QED) is 0.166. The lowest BCUT2D eigenvalue weighted by atomic mass is 9.67. The monoisotopic (exact) mass is 774 g/mol. The molecule has 0 spiro atoms. The number of fused-ring (bicyclic) bond motifs is 5. The van der Waals surface area contributed by atoms with Crippen LogP contribution in [0.1, 0.15) is 106 Å². The minimum absolute atomic E-state index is 0.0404. The van der Waals surface area contributed by atoms with E-state index in [0.29, 0.717) is 18.4 Å². The molecule has 11 nitrogen and oxygen atoms in total. The van der Waals surface area contributed by atoms with Crippen LogP contribution in [0.4, 0.5) is 0 Å². The van der Waals surface area contributed by atoms with Gasteiger partial charge in [0.2, 0.25) is 0 Å². The van der Waals surface area contributed by atoms with E-state index in [1.165, 1.54) is 5.57 Å². The number of esters is 1. The fourth-order valence-electron chi connectivity index (χ4n) is 11.2. The number of carbonyl (C=O) groups is 2. The molecule has 0 amide bonds. The fraction of sp³-hybridized carbons (Fsp3) is 0.864. The van der Waals surface area contributed by atoms with E-state index in [2.05, 4.69) is 51.8 Å². The number of hydrogen-bond acceptors (Lipinski definition) is 11. The number of allylic oxidation sites excluding steroid dienone is 4. The van der Waals surface area contributed by atoms with Crippen molar-refractivity contribution in [3.05, 3.63) is 23.3 Å². The number of cyclic esters (lactones) is 1. The van der Waals surface area contributed by atoms with Crippen LogP contribution in [0.5, 0.6) is 0 Å². The molecule has 0 bridgehead atoms. The zero-order valence-electron chi connectivity index (χ0n) is 35.3. The number of methoxy groups -OCH3 is 3. The predicted octanol–water partition coefficient (Wildman–Crippen LogP) is 6.66. The zero-order chi connectivity index (χ0) is 39.6. The van der Waals surface area contributed by atoms with Crippen molar-refractivity contribution in [2.45, 2.75) is 173 Å². The molecule has 0 aromatic rings. The Morgan fingerprint density at radius 1 is 0.818 bits per heavy atom. The lowest BCUT2D eigenvalue weighted by molar-refractivity contribution is -0.314. The van der Waals surface area contributed by atoms with Gasteiger partial charge in [0.1, 0.15) is 24.4 Å². The summed E-state index contributed by atoms with van der Waals surface area (Å²) >= 11 is 0. The lowest BCUT2D eigenvalue weighted by Crippen LogP contribution is -2.59. The van der Waals surface area contributed by atoms with E-state index < -0.39 is 12.4 Å². The third kappa shape index (κ3) is 9.14. The van der Waals surface area contributed by atoms with E-state index in [-0.39, 0.29) is 96.8 Å². The molecule has 0 aromatic heterocycles. The van der Waals surface area contributed by atoms with Crippen LogP contribution in [0, 0.1) is 35.5 Å². The summed E-state index contributed by atoms with van der Waals surface area (Å²) in [6.45, 7) is 13.7. The van der Waals surface area contributed by atoms with Crippen molar-refractivity contribution in [3.8, 4) is 0 Å². The summed E-state index contributed by atoms with van der Waals surface area (Å²) in [5, 5.41) is 0. The van der Waals surface area contributed by atoms with Gasteiger partial charge in [-0.3, -0.25) is 9.59 Å². The molecule has 3 heterocycles. The fourth-order valence-corrected chi connectivity index (χ4v) is 11.2. The molecule has 3 unspecified atom stereocenters. The van der Waals surface area contributed by atoms with Gasteiger partial charge in [-0.15, -0.1) is 0 Å². The maximum atomic E-state index is 14.8. The smallest absolute Gasteiger partial charge is 0.306 e. The maximum absolute atomic E-state index is 14.8. The Kier molecular flexibility index (Phi) is 14.8. The highest BCUT2D eigenvalue weighted by Crippen LogP contribution is 2.56. The summed E-state index contributed by atoms with van der Waals surface area (Å²) in [7, 11) is 7.17. The normalized spacial score (nSPS) is 44.1. The van der Waals surface area contributed by atoms with Gasteiger partial charge in [-0.25, -0.2) is 0 Å². The van der Waals surface area contributed by atoms with E-state index in [9.17, 15) is 9.59 Å². The number of Topliss-reactive ketones (excluding diaryl/α,β-unsaturated/α-hetero) is 1. The Hall–Kier alpha value is -1.70. The molecule has 17 atom stereocenters. The molecule has 0 radical (unpaired) electrons. The van der Waals surface area contributed by atoms with Crippen LogP contribution in [0.3, 0.4) is 0 Å². The number of nitrogens with zero attached hydrogens (tertiary/aromatic N) is 1. The van der Waals surface area contributed by atoms with Crippen LogP contribution in [0.2, 0.25) is 0 Å². The van der Waals surface area contributed by atoms with Crippen molar-refractivity contribution >= 4 is 11.8 Å². The molecular formula is C44H71NO10. The van der Waals surface area contributed by atoms with E-state index in [0.717, 1.165) is 63.5 Å². The molecule has 0 N–H and O–H groups in total. The first-order chi connectivity index (χ1) is 26.4. The van der Waals surface area contributed by atoms with Crippen LogP contribution >= 0.6 is 0 Å². The van der Waals surface area contributed by atoms with Crippen LogP contribution in [0.25, 0.3) is 0 Å². The minimum atomic E-state index is -0.599. The molecule has 3 aliphatic carbocycles. The van der Waals surface area contributed by atoms with Crippen LogP contribution < -0.4 is 0 Å².